The van der Waals surface area contributed by atoms with Crippen molar-refractivity contribution in [3.05, 3.63) is 29.8 Å². The van der Waals surface area contributed by atoms with E-state index in [1.165, 1.54) is 17.3 Å². The first-order valence-corrected chi connectivity index (χ1v) is 9.25. The zero-order valence-electron chi connectivity index (χ0n) is 14.7. The lowest BCUT2D eigenvalue weighted by molar-refractivity contribution is -0.119. The van der Waals surface area contributed by atoms with Crippen LogP contribution in [-0.2, 0) is 4.79 Å². The second-order valence-electron chi connectivity index (χ2n) is 6.47. The highest BCUT2D eigenvalue weighted by Crippen LogP contribution is 2.23. The van der Waals surface area contributed by atoms with Crippen LogP contribution in [0.15, 0.2) is 33.9 Å². The molecular weight excluding hydrogens is 322 g/mol. The number of hydrogen-bond acceptors (Lipinski definition) is 5. The monoisotopic (exact) mass is 347 g/mol. The average Bonchev–Trinajstić information content (AvgIpc) is 3.00. The van der Waals surface area contributed by atoms with Gasteiger partial charge in [0.1, 0.15) is 0 Å². The molecule has 130 valence electrons. The lowest BCUT2D eigenvalue weighted by Crippen LogP contribution is -2.34. The minimum atomic E-state index is -0.00802. The third-order valence-corrected chi connectivity index (χ3v) is 4.43. The lowest BCUT2D eigenvalue weighted by Gasteiger charge is -2.14. The molecule has 1 aromatic carbocycles. The van der Waals surface area contributed by atoms with Gasteiger partial charge in [-0.2, -0.15) is 0 Å². The van der Waals surface area contributed by atoms with Crippen LogP contribution in [0.4, 0.5) is 0 Å². The summed E-state index contributed by atoms with van der Waals surface area (Å²) in [5.41, 5.74) is 2.06. The molecule has 0 unspecified atom stereocenters. The average molecular weight is 347 g/mol. The Morgan fingerprint density at radius 3 is 2.54 bits per heavy atom. The van der Waals surface area contributed by atoms with E-state index in [2.05, 4.69) is 29.4 Å². The third-order valence-electron chi connectivity index (χ3n) is 3.62. The molecule has 6 heteroatoms. The SMILES string of the molecule is Cc1ccc(-c2nnc(SCC(=O)N[C@@H](C)CCC(C)C)o2)cc1. The fourth-order valence-electron chi connectivity index (χ4n) is 2.18. The summed E-state index contributed by atoms with van der Waals surface area (Å²) in [7, 11) is 0. The second kappa shape index (κ2) is 8.87. The van der Waals surface area contributed by atoms with Crippen LogP contribution in [0.25, 0.3) is 11.5 Å². The zero-order valence-corrected chi connectivity index (χ0v) is 15.5. The van der Waals surface area contributed by atoms with Crippen LogP contribution in [0, 0.1) is 12.8 Å². The molecule has 1 N–H and O–H groups in total. The van der Waals surface area contributed by atoms with Crippen LogP contribution in [0.2, 0.25) is 0 Å². The van der Waals surface area contributed by atoms with Crippen molar-refractivity contribution in [2.45, 2.75) is 51.8 Å². The standard InChI is InChI=1S/C18H25N3O2S/c1-12(2)5-8-14(4)19-16(22)11-24-18-21-20-17(23-18)15-9-6-13(3)7-10-15/h6-7,9-10,12,14H,5,8,11H2,1-4H3,(H,19,22)/t14-/m0/s1. The van der Waals surface area contributed by atoms with Crippen LogP contribution in [0.1, 0.15) is 39.2 Å². The van der Waals surface area contributed by atoms with Crippen molar-refractivity contribution in [3.8, 4) is 11.5 Å². The van der Waals surface area contributed by atoms with E-state index in [1.807, 2.05) is 38.1 Å². The molecule has 0 fully saturated rings. The van der Waals surface area contributed by atoms with Gasteiger partial charge in [-0.1, -0.05) is 43.3 Å². The summed E-state index contributed by atoms with van der Waals surface area (Å²) in [6.07, 6.45) is 2.10. The molecule has 0 saturated heterocycles. The maximum absolute atomic E-state index is 12.0. The zero-order chi connectivity index (χ0) is 17.5. The third kappa shape index (κ3) is 6.00. The van der Waals surface area contributed by atoms with Crippen LogP contribution < -0.4 is 5.32 Å². The Labute approximate surface area is 147 Å². The smallest absolute Gasteiger partial charge is 0.277 e. The van der Waals surface area contributed by atoms with Crippen molar-refractivity contribution < 1.29 is 9.21 Å². The predicted molar refractivity (Wildman–Crippen MR) is 96.9 cm³/mol. The quantitative estimate of drug-likeness (QED) is 0.729. The van der Waals surface area contributed by atoms with Gasteiger partial charge in [0, 0.05) is 11.6 Å². The molecule has 0 aliphatic heterocycles. The first-order valence-electron chi connectivity index (χ1n) is 8.26. The number of carbonyl (C=O) groups is 1. The Kier molecular flexibility index (Phi) is 6.85. The fraction of sp³-hybridized carbons (Fsp3) is 0.500. The van der Waals surface area contributed by atoms with E-state index < -0.39 is 0 Å². The number of amides is 1. The van der Waals surface area contributed by atoms with Crippen molar-refractivity contribution in [3.63, 3.8) is 0 Å². The van der Waals surface area contributed by atoms with Gasteiger partial charge in [0.2, 0.25) is 11.8 Å². The maximum Gasteiger partial charge on any atom is 0.277 e. The molecule has 0 aliphatic carbocycles. The number of rotatable bonds is 8. The normalized spacial score (nSPS) is 12.4. The number of aromatic nitrogens is 2. The predicted octanol–water partition coefficient (Wildman–Crippen LogP) is 4.08. The summed E-state index contributed by atoms with van der Waals surface area (Å²) >= 11 is 1.26. The molecule has 1 atom stereocenters. The Morgan fingerprint density at radius 2 is 1.88 bits per heavy atom. The molecule has 0 radical (unpaired) electrons. The highest BCUT2D eigenvalue weighted by atomic mass is 32.2. The van der Waals surface area contributed by atoms with Gasteiger partial charge in [0.25, 0.3) is 5.22 Å². The van der Waals surface area contributed by atoms with Gasteiger partial charge in [0.05, 0.1) is 5.75 Å². The number of aryl methyl sites for hydroxylation is 1. The largest absolute Gasteiger partial charge is 0.411 e. The topological polar surface area (TPSA) is 68.0 Å². The van der Waals surface area contributed by atoms with E-state index in [-0.39, 0.29) is 17.7 Å². The molecule has 0 spiro atoms. The summed E-state index contributed by atoms with van der Waals surface area (Å²) in [4.78, 5) is 12.0. The van der Waals surface area contributed by atoms with Crippen LogP contribution in [0.3, 0.4) is 0 Å². The highest BCUT2D eigenvalue weighted by molar-refractivity contribution is 7.99. The number of benzene rings is 1. The molecule has 0 saturated carbocycles. The maximum atomic E-state index is 12.0. The first kappa shape index (κ1) is 18.5. The summed E-state index contributed by atoms with van der Waals surface area (Å²) in [5.74, 6) is 1.40. The summed E-state index contributed by atoms with van der Waals surface area (Å²) in [6.45, 7) is 8.43. The Morgan fingerprint density at radius 1 is 1.17 bits per heavy atom. The van der Waals surface area contributed by atoms with Crippen molar-refractivity contribution in [1.29, 1.82) is 0 Å². The molecule has 0 bridgehead atoms. The van der Waals surface area contributed by atoms with Crippen molar-refractivity contribution in [1.82, 2.24) is 15.5 Å². The van der Waals surface area contributed by atoms with Gasteiger partial charge < -0.3 is 9.73 Å². The van der Waals surface area contributed by atoms with Crippen molar-refractivity contribution in [2.24, 2.45) is 5.92 Å². The summed E-state index contributed by atoms with van der Waals surface area (Å²) in [5, 5.41) is 11.4. The lowest BCUT2D eigenvalue weighted by atomic mass is 10.0. The van der Waals surface area contributed by atoms with Gasteiger partial charge >= 0.3 is 0 Å². The molecule has 5 nitrogen and oxygen atoms in total. The summed E-state index contributed by atoms with van der Waals surface area (Å²) < 4.78 is 5.60. The van der Waals surface area contributed by atoms with E-state index in [9.17, 15) is 4.79 Å². The Bertz CT molecular complexity index is 653. The van der Waals surface area contributed by atoms with E-state index in [1.54, 1.807) is 0 Å². The van der Waals surface area contributed by atoms with Gasteiger partial charge in [-0.15, -0.1) is 10.2 Å². The van der Waals surface area contributed by atoms with E-state index in [0.29, 0.717) is 17.0 Å². The van der Waals surface area contributed by atoms with E-state index >= 15 is 0 Å². The molecule has 2 rings (SSSR count). The van der Waals surface area contributed by atoms with Gasteiger partial charge in [-0.3, -0.25) is 4.79 Å². The van der Waals surface area contributed by atoms with Crippen LogP contribution >= 0.6 is 11.8 Å². The van der Waals surface area contributed by atoms with Crippen molar-refractivity contribution >= 4 is 17.7 Å². The summed E-state index contributed by atoms with van der Waals surface area (Å²) in [6, 6.07) is 8.07. The van der Waals surface area contributed by atoms with Crippen molar-refractivity contribution in [2.75, 3.05) is 5.75 Å². The number of carbonyl (C=O) groups excluding carboxylic acids is 1. The van der Waals surface area contributed by atoms with Crippen LogP contribution in [-0.4, -0.2) is 27.9 Å². The molecule has 1 heterocycles. The van der Waals surface area contributed by atoms with Gasteiger partial charge in [-0.25, -0.2) is 0 Å². The Hall–Kier alpha value is -1.82. The van der Waals surface area contributed by atoms with Gasteiger partial charge in [0.15, 0.2) is 0 Å². The highest BCUT2D eigenvalue weighted by Gasteiger charge is 2.13. The molecule has 2 aromatic rings. The molecule has 1 aromatic heterocycles. The number of nitrogens with one attached hydrogen (secondary N) is 1. The first-order chi connectivity index (χ1) is 11.4. The minimum absolute atomic E-state index is 0.00802. The van der Waals surface area contributed by atoms with E-state index in [4.69, 9.17) is 4.42 Å². The fourth-order valence-corrected chi connectivity index (χ4v) is 2.75. The van der Waals surface area contributed by atoms with Gasteiger partial charge in [-0.05, 0) is 44.7 Å². The molecular formula is C18H25N3O2S. The van der Waals surface area contributed by atoms with Crippen LogP contribution in [0.5, 0.6) is 0 Å². The van der Waals surface area contributed by atoms with E-state index in [0.717, 1.165) is 18.4 Å². The second-order valence-corrected chi connectivity index (χ2v) is 7.39. The molecule has 0 aliphatic rings. The molecule has 24 heavy (non-hydrogen) atoms. The molecule has 1 amide bonds. The number of thioether (sulfide) groups is 1. The number of nitrogens with zero attached hydrogens (tertiary/aromatic N) is 2. The minimum Gasteiger partial charge on any atom is -0.411 e. The Balaban J connectivity index is 1.80. The number of hydrogen-bond donors (Lipinski definition) is 1.